The van der Waals surface area contributed by atoms with Gasteiger partial charge in [0.25, 0.3) is 5.91 Å². The smallest absolute Gasteiger partial charge is 0.253 e. The fourth-order valence-electron chi connectivity index (χ4n) is 2.43. The van der Waals surface area contributed by atoms with Crippen molar-refractivity contribution in [2.24, 2.45) is 0 Å². The lowest BCUT2D eigenvalue weighted by Crippen LogP contribution is -2.35. The second kappa shape index (κ2) is 7.43. The average Bonchev–Trinajstić information content (AvgIpc) is 2.67. The Morgan fingerprint density at radius 1 is 1.30 bits per heavy atom. The highest BCUT2D eigenvalue weighted by Crippen LogP contribution is 2.19. The Hall–Kier alpha value is -0.580. The van der Waals surface area contributed by atoms with Gasteiger partial charge in [0, 0.05) is 42.1 Å². The summed E-state index contributed by atoms with van der Waals surface area (Å²) in [5.41, 5.74) is 1.90. The van der Waals surface area contributed by atoms with Gasteiger partial charge in [0.05, 0.1) is 0 Å². The molecule has 1 heterocycles. The maximum atomic E-state index is 12.5. The summed E-state index contributed by atoms with van der Waals surface area (Å²) in [6.07, 6.45) is 1.01. The number of aryl methyl sites for hydroxylation is 1. The van der Waals surface area contributed by atoms with E-state index in [4.69, 9.17) is 11.6 Å². The van der Waals surface area contributed by atoms with Crippen molar-refractivity contribution in [1.82, 2.24) is 9.80 Å². The number of rotatable bonds is 3. The van der Waals surface area contributed by atoms with E-state index in [0.717, 1.165) is 54.7 Å². The van der Waals surface area contributed by atoms with E-state index in [2.05, 4.69) is 20.8 Å². The Bertz CT molecular complexity index is 481. The monoisotopic (exact) mass is 358 g/mol. The molecule has 3 nitrogen and oxygen atoms in total. The molecule has 0 N–H and O–H groups in total. The van der Waals surface area contributed by atoms with Crippen LogP contribution in [0.5, 0.6) is 0 Å². The Morgan fingerprint density at radius 3 is 2.80 bits per heavy atom. The predicted octanol–water partition coefficient (Wildman–Crippen LogP) is 3.14. The number of carbonyl (C=O) groups is 1. The Labute approximate surface area is 134 Å². The second-order valence-electron chi connectivity index (χ2n) is 5.14. The van der Waals surface area contributed by atoms with Crippen LogP contribution in [0, 0.1) is 6.92 Å². The molecule has 0 atom stereocenters. The molecule has 1 aromatic rings. The van der Waals surface area contributed by atoms with Crippen LogP contribution in [0.1, 0.15) is 22.3 Å². The molecule has 5 heteroatoms. The van der Waals surface area contributed by atoms with Crippen LogP contribution in [-0.4, -0.2) is 54.3 Å². The van der Waals surface area contributed by atoms with Crippen LogP contribution in [0.15, 0.2) is 22.7 Å². The third-order valence-corrected chi connectivity index (χ3v) is 4.72. The van der Waals surface area contributed by atoms with Crippen LogP contribution in [0.4, 0.5) is 0 Å². The molecule has 2 rings (SSSR count). The molecule has 1 aromatic carbocycles. The Balaban J connectivity index is 2.03. The van der Waals surface area contributed by atoms with Crippen molar-refractivity contribution in [2.75, 3.05) is 38.6 Å². The molecule has 1 fully saturated rings. The molecule has 1 saturated heterocycles. The fraction of sp³-hybridized carbons (Fsp3) is 0.533. The molecular formula is C15H20BrClN2O. The molecule has 0 saturated carbocycles. The topological polar surface area (TPSA) is 23.6 Å². The zero-order chi connectivity index (χ0) is 14.5. The zero-order valence-corrected chi connectivity index (χ0v) is 14.1. The van der Waals surface area contributed by atoms with Crippen molar-refractivity contribution in [2.45, 2.75) is 13.3 Å². The summed E-state index contributed by atoms with van der Waals surface area (Å²) < 4.78 is 0.988. The van der Waals surface area contributed by atoms with Gasteiger partial charge in [-0.2, -0.15) is 0 Å². The standard InChI is InChI=1S/C15H20BrClN2O/c1-12-3-4-13(11-14(12)16)15(20)19-7-2-6-18(8-5-17)9-10-19/h3-4,11H,2,5-10H2,1H3. The van der Waals surface area contributed by atoms with E-state index in [0.29, 0.717) is 5.88 Å². The summed E-state index contributed by atoms with van der Waals surface area (Å²) in [6, 6.07) is 5.80. The first-order chi connectivity index (χ1) is 9.61. The number of benzene rings is 1. The highest BCUT2D eigenvalue weighted by Gasteiger charge is 2.20. The minimum absolute atomic E-state index is 0.124. The lowest BCUT2D eigenvalue weighted by Gasteiger charge is -2.21. The molecule has 1 aliphatic heterocycles. The van der Waals surface area contributed by atoms with Gasteiger partial charge in [0.15, 0.2) is 0 Å². The molecule has 1 amide bonds. The largest absolute Gasteiger partial charge is 0.337 e. The number of nitrogens with zero attached hydrogens (tertiary/aromatic N) is 2. The summed E-state index contributed by atoms with van der Waals surface area (Å²) in [6.45, 7) is 6.46. The SMILES string of the molecule is Cc1ccc(C(=O)N2CCCN(CCCl)CC2)cc1Br. The normalized spacial score (nSPS) is 17.1. The third kappa shape index (κ3) is 3.96. The zero-order valence-electron chi connectivity index (χ0n) is 11.7. The molecule has 0 radical (unpaired) electrons. The van der Waals surface area contributed by atoms with Crippen LogP contribution in [-0.2, 0) is 0 Å². The molecule has 0 aliphatic carbocycles. The van der Waals surface area contributed by atoms with E-state index in [1.807, 2.05) is 30.0 Å². The van der Waals surface area contributed by atoms with E-state index in [-0.39, 0.29) is 5.91 Å². The van der Waals surface area contributed by atoms with Crippen LogP contribution >= 0.6 is 27.5 Å². The number of halogens is 2. The molecule has 20 heavy (non-hydrogen) atoms. The number of alkyl halides is 1. The molecule has 0 aromatic heterocycles. The molecule has 0 spiro atoms. The fourth-order valence-corrected chi connectivity index (χ4v) is 3.04. The van der Waals surface area contributed by atoms with E-state index in [1.165, 1.54) is 0 Å². The van der Waals surface area contributed by atoms with E-state index in [1.54, 1.807) is 0 Å². The first-order valence-corrected chi connectivity index (χ1v) is 8.28. The van der Waals surface area contributed by atoms with E-state index >= 15 is 0 Å². The van der Waals surface area contributed by atoms with Crippen molar-refractivity contribution in [3.63, 3.8) is 0 Å². The molecule has 110 valence electrons. The minimum atomic E-state index is 0.124. The van der Waals surface area contributed by atoms with Gasteiger partial charge in [-0.05, 0) is 37.6 Å². The van der Waals surface area contributed by atoms with Gasteiger partial charge >= 0.3 is 0 Å². The van der Waals surface area contributed by atoms with Gasteiger partial charge in [-0.15, -0.1) is 11.6 Å². The second-order valence-corrected chi connectivity index (χ2v) is 6.37. The lowest BCUT2D eigenvalue weighted by atomic mass is 10.1. The van der Waals surface area contributed by atoms with Crippen molar-refractivity contribution in [1.29, 1.82) is 0 Å². The number of hydrogen-bond donors (Lipinski definition) is 0. The maximum absolute atomic E-state index is 12.5. The number of hydrogen-bond acceptors (Lipinski definition) is 2. The minimum Gasteiger partial charge on any atom is -0.337 e. The van der Waals surface area contributed by atoms with Gasteiger partial charge in [-0.25, -0.2) is 0 Å². The summed E-state index contributed by atoms with van der Waals surface area (Å²) in [5, 5.41) is 0. The Kier molecular flexibility index (Phi) is 5.87. The molecular weight excluding hydrogens is 340 g/mol. The van der Waals surface area contributed by atoms with Gasteiger partial charge in [-0.3, -0.25) is 4.79 Å². The van der Waals surface area contributed by atoms with Crippen molar-refractivity contribution in [3.05, 3.63) is 33.8 Å². The molecule has 0 bridgehead atoms. The van der Waals surface area contributed by atoms with Crippen LogP contribution in [0.25, 0.3) is 0 Å². The number of carbonyl (C=O) groups excluding carboxylic acids is 1. The van der Waals surface area contributed by atoms with Gasteiger partial charge < -0.3 is 9.80 Å². The quantitative estimate of drug-likeness (QED) is 0.774. The predicted molar refractivity (Wildman–Crippen MR) is 86.6 cm³/mol. The van der Waals surface area contributed by atoms with Gasteiger partial charge in [0.2, 0.25) is 0 Å². The average molecular weight is 360 g/mol. The first-order valence-electron chi connectivity index (χ1n) is 6.95. The van der Waals surface area contributed by atoms with Crippen molar-refractivity contribution in [3.8, 4) is 0 Å². The highest BCUT2D eigenvalue weighted by molar-refractivity contribution is 9.10. The van der Waals surface area contributed by atoms with E-state index < -0.39 is 0 Å². The Morgan fingerprint density at radius 2 is 2.10 bits per heavy atom. The van der Waals surface area contributed by atoms with Gasteiger partial charge in [-0.1, -0.05) is 22.0 Å². The summed E-state index contributed by atoms with van der Waals surface area (Å²) in [5.74, 6) is 0.775. The first kappa shape index (κ1) is 15.8. The van der Waals surface area contributed by atoms with E-state index in [9.17, 15) is 4.79 Å². The molecule has 0 unspecified atom stereocenters. The maximum Gasteiger partial charge on any atom is 0.253 e. The number of amides is 1. The van der Waals surface area contributed by atoms with Gasteiger partial charge in [0.1, 0.15) is 0 Å². The van der Waals surface area contributed by atoms with Crippen LogP contribution in [0.3, 0.4) is 0 Å². The van der Waals surface area contributed by atoms with Crippen LogP contribution < -0.4 is 0 Å². The lowest BCUT2D eigenvalue weighted by molar-refractivity contribution is 0.0762. The summed E-state index contributed by atoms with van der Waals surface area (Å²) >= 11 is 9.28. The van der Waals surface area contributed by atoms with Crippen molar-refractivity contribution < 1.29 is 4.79 Å². The third-order valence-electron chi connectivity index (χ3n) is 3.70. The summed E-state index contributed by atoms with van der Waals surface area (Å²) in [7, 11) is 0. The summed E-state index contributed by atoms with van der Waals surface area (Å²) in [4.78, 5) is 16.8. The van der Waals surface area contributed by atoms with Crippen LogP contribution in [0.2, 0.25) is 0 Å². The highest BCUT2D eigenvalue weighted by atomic mass is 79.9. The van der Waals surface area contributed by atoms with Crippen molar-refractivity contribution >= 4 is 33.4 Å². The molecule has 1 aliphatic rings.